The third kappa shape index (κ3) is 6.05. The number of hydrogen-bond acceptors (Lipinski definition) is 8. The molecule has 0 saturated carbocycles. The third-order valence-electron chi connectivity index (χ3n) is 7.81. The molecule has 226 valence electrons. The Hall–Kier alpha value is -6.80. The first-order chi connectivity index (χ1) is 23.8. The molecule has 0 radical (unpaired) electrons. The van der Waals surface area contributed by atoms with Crippen LogP contribution < -0.4 is 0 Å². The Labute approximate surface area is 277 Å². The maximum atomic E-state index is 4.92. The van der Waals surface area contributed by atoms with Gasteiger partial charge in [-0.15, -0.1) is 0 Å². The van der Waals surface area contributed by atoms with Crippen LogP contribution in [0.2, 0.25) is 0 Å². The molecular weight excluding hydrogens is 592 g/mol. The number of nitrogens with zero attached hydrogens (tertiary/aromatic N) is 8. The van der Waals surface area contributed by atoms with E-state index in [9.17, 15) is 0 Å². The van der Waals surface area contributed by atoms with E-state index in [1.807, 2.05) is 122 Å². The van der Waals surface area contributed by atoms with Crippen molar-refractivity contribution in [3.63, 3.8) is 0 Å². The molecule has 0 spiro atoms. The molecule has 8 heterocycles. The minimum absolute atomic E-state index is 0.744. The third-order valence-corrected chi connectivity index (χ3v) is 7.81. The summed E-state index contributed by atoms with van der Waals surface area (Å²) in [5, 5.41) is 0. The van der Waals surface area contributed by atoms with Crippen LogP contribution in [0.25, 0.3) is 79.2 Å². The van der Waals surface area contributed by atoms with Crippen molar-refractivity contribution in [3.8, 4) is 79.2 Å². The van der Waals surface area contributed by atoms with Gasteiger partial charge in [0, 0.05) is 37.2 Å². The van der Waals surface area contributed by atoms with E-state index in [1.165, 1.54) is 0 Å². The second kappa shape index (κ2) is 12.9. The summed E-state index contributed by atoms with van der Waals surface area (Å²) in [5.74, 6) is 0. The van der Waals surface area contributed by atoms with Gasteiger partial charge >= 0.3 is 0 Å². The summed E-state index contributed by atoms with van der Waals surface area (Å²) in [6, 6.07) is 39.5. The van der Waals surface area contributed by atoms with Gasteiger partial charge in [-0.1, -0.05) is 24.3 Å². The van der Waals surface area contributed by atoms with E-state index >= 15 is 0 Å². The fourth-order valence-electron chi connectivity index (χ4n) is 5.48. The lowest BCUT2D eigenvalue weighted by molar-refractivity contribution is 1.21. The predicted octanol–water partition coefficient (Wildman–Crippen LogP) is 8.52. The maximum absolute atomic E-state index is 4.92. The van der Waals surface area contributed by atoms with Crippen molar-refractivity contribution in [1.82, 2.24) is 39.9 Å². The second-order valence-electron chi connectivity index (χ2n) is 11.0. The highest BCUT2D eigenvalue weighted by molar-refractivity contribution is 5.79. The zero-order chi connectivity index (χ0) is 32.1. The summed E-state index contributed by atoms with van der Waals surface area (Å²) in [6.45, 7) is 0. The minimum Gasteiger partial charge on any atom is -0.255 e. The van der Waals surface area contributed by atoms with Crippen LogP contribution in [0.1, 0.15) is 0 Å². The first kappa shape index (κ1) is 28.7. The van der Waals surface area contributed by atoms with E-state index < -0.39 is 0 Å². The molecule has 0 atom stereocenters. The zero-order valence-electron chi connectivity index (χ0n) is 25.6. The molecule has 0 aliphatic rings. The Kier molecular flexibility index (Phi) is 7.70. The molecule has 0 aromatic carbocycles. The lowest BCUT2D eigenvalue weighted by atomic mass is 10.0. The lowest BCUT2D eigenvalue weighted by Crippen LogP contribution is -1.95. The molecule has 8 aromatic rings. The minimum atomic E-state index is 0.744. The van der Waals surface area contributed by atoms with E-state index in [2.05, 4.69) is 32.1 Å². The summed E-state index contributed by atoms with van der Waals surface area (Å²) in [7, 11) is 0. The van der Waals surface area contributed by atoms with E-state index in [0.717, 1.165) is 79.2 Å². The molecular formula is C40H26N8. The lowest BCUT2D eigenvalue weighted by Gasteiger charge is -2.11. The number of rotatable bonds is 7. The molecule has 0 bridgehead atoms. The Morgan fingerprint density at radius 2 is 0.521 bits per heavy atom. The molecule has 8 nitrogen and oxygen atoms in total. The van der Waals surface area contributed by atoms with Crippen molar-refractivity contribution < 1.29 is 0 Å². The monoisotopic (exact) mass is 618 g/mol. The molecule has 0 unspecified atom stereocenters. The van der Waals surface area contributed by atoms with Crippen LogP contribution in [0.4, 0.5) is 0 Å². The van der Waals surface area contributed by atoms with Crippen LogP contribution in [0, 0.1) is 0 Å². The van der Waals surface area contributed by atoms with E-state index in [1.54, 1.807) is 24.8 Å². The van der Waals surface area contributed by atoms with E-state index in [-0.39, 0.29) is 0 Å². The summed E-state index contributed by atoms with van der Waals surface area (Å²) in [5.41, 5.74) is 11.6. The van der Waals surface area contributed by atoms with Crippen LogP contribution >= 0.6 is 0 Å². The summed E-state index contributed by atoms with van der Waals surface area (Å²) >= 11 is 0. The first-order valence-corrected chi connectivity index (χ1v) is 15.4. The Bertz CT molecular complexity index is 2050. The molecule has 0 saturated heterocycles. The van der Waals surface area contributed by atoms with Gasteiger partial charge in [0.2, 0.25) is 0 Å². The summed E-state index contributed by atoms with van der Waals surface area (Å²) < 4.78 is 0. The Morgan fingerprint density at radius 3 is 0.812 bits per heavy atom. The standard InChI is InChI=1S/C40H26N8/c1-5-15-41-31(9-1)37-23-29(24-38(47-37)32-10-2-6-16-42-32)27-13-19-45-35(21-27)36-22-28(14-20-46-36)30-25-39(33-11-3-7-17-43-33)48-40(26-30)34-12-4-8-18-44-34/h1-26H. The molecule has 0 fully saturated rings. The average molecular weight is 619 g/mol. The van der Waals surface area contributed by atoms with Gasteiger partial charge in [0.1, 0.15) is 0 Å². The molecule has 8 aromatic heterocycles. The number of aromatic nitrogens is 8. The van der Waals surface area contributed by atoms with Gasteiger partial charge in [-0.05, 0) is 119 Å². The van der Waals surface area contributed by atoms with Gasteiger partial charge in [0.25, 0.3) is 0 Å². The average Bonchev–Trinajstić information content (AvgIpc) is 3.19. The molecule has 0 aliphatic carbocycles. The van der Waals surface area contributed by atoms with Gasteiger partial charge in [-0.3, -0.25) is 29.9 Å². The molecule has 0 N–H and O–H groups in total. The van der Waals surface area contributed by atoms with Crippen LogP contribution in [0.15, 0.2) is 159 Å². The Balaban J connectivity index is 1.21. The normalized spacial score (nSPS) is 10.9. The molecule has 8 heteroatoms. The smallest absolute Gasteiger partial charge is 0.0900 e. The Morgan fingerprint density at radius 1 is 0.229 bits per heavy atom. The van der Waals surface area contributed by atoms with Crippen LogP contribution in [0.5, 0.6) is 0 Å². The number of hydrogen-bond donors (Lipinski definition) is 0. The fourth-order valence-corrected chi connectivity index (χ4v) is 5.48. The van der Waals surface area contributed by atoms with Crippen molar-refractivity contribution in [2.75, 3.05) is 0 Å². The predicted molar refractivity (Wildman–Crippen MR) is 187 cm³/mol. The second-order valence-corrected chi connectivity index (χ2v) is 11.0. The van der Waals surface area contributed by atoms with Crippen molar-refractivity contribution in [1.29, 1.82) is 0 Å². The summed E-state index contributed by atoms with van der Waals surface area (Å²) in [6.07, 6.45) is 10.7. The van der Waals surface area contributed by atoms with Gasteiger partial charge < -0.3 is 0 Å². The molecule has 8 rings (SSSR count). The van der Waals surface area contributed by atoms with Crippen molar-refractivity contribution in [2.24, 2.45) is 0 Å². The van der Waals surface area contributed by atoms with Crippen LogP contribution in [-0.2, 0) is 0 Å². The topological polar surface area (TPSA) is 103 Å². The van der Waals surface area contributed by atoms with Crippen molar-refractivity contribution >= 4 is 0 Å². The van der Waals surface area contributed by atoms with E-state index in [4.69, 9.17) is 19.9 Å². The first-order valence-electron chi connectivity index (χ1n) is 15.4. The highest BCUT2D eigenvalue weighted by Crippen LogP contribution is 2.33. The van der Waals surface area contributed by atoms with Gasteiger partial charge in [0.05, 0.1) is 56.9 Å². The van der Waals surface area contributed by atoms with Crippen LogP contribution in [-0.4, -0.2) is 39.9 Å². The maximum Gasteiger partial charge on any atom is 0.0900 e. The quantitative estimate of drug-likeness (QED) is 0.175. The van der Waals surface area contributed by atoms with Crippen molar-refractivity contribution in [2.45, 2.75) is 0 Å². The van der Waals surface area contributed by atoms with Crippen LogP contribution in [0.3, 0.4) is 0 Å². The number of pyridine rings is 8. The zero-order valence-corrected chi connectivity index (χ0v) is 25.6. The largest absolute Gasteiger partial charge is 0.255 e. The van der Waals surface area contributed by atoms with Gasteiger partial charge in [-0.25, -0.2) is 9.97 Å². The molecule has 48 heavy (non-hydrogen) atoms. The fraction of sp³-hybridized carbons (Fsp3) is 0. The van der Waals surface area contributed by atoms with Crippen molar-refractivity contribution in [3.05, 3.63) is 159 Å². The van der Waals surface area contributed by atoms with E-state index in [0.29, 0.717) is 0 Å². The highest BCUT2D eigenvalue weighted by atomic mass is 14.8. The highest BCUT2D eigenvalue weighted by Gasteiger charge is 2.14. The summed E-state index contributed by atoms with van der Waals surface area (Å²) in [4.78, 5) is 37.5. The van der Waals surface area contributed by atoms with Gasteiger partial charge in [-0.2, -0.15) is 0 Å². The van der Waals surface area contributed by atoms with Gasteiger partial charge in [0.15, 0.2) is 0 Å². The molecule has 0 amide bonds. The molecule has 0 aliphatic heterocycles. The SMILES string of the molecule is c1ccc(-c2cc(-c3ccnc(-c4cc(-c5cc(-c6ccccn6)nc(-c6ccccn6)c5)ccn4)c3)cc(-c3ccccn3)n2)nc1.